The smallest absolute Gasteiger partial charge is 0.237 e. The standard InChI is InChI=1S/C21H23ClN6OS/c1-12-6-4-5-7-16(12)25-21-27-18(26-20(23)28-21)11-30-14(3)19(29)24-17-10-15(22)9-8-13(17)2/h4-10,14H,11H2,1-3H3,(H,24,29)(H3,23,25,26,27,28)/t14-/m0/s1. The van der Waals surface area contributed by atoms with Crippen LogP contribution in [0.15, 0.2) is 42.5 Å². The predicted molar refractivity (Wildman–Crippen MR) is 124 cm³/mol. The highest BCUT2D eigenvalue weighted by Crippen LogP contribution is 2.23. The van der Waals surface area contributed by atoms with Gasteiger partial charge in [-0.15, -0.1) is 11.8 Å². The largest absolute Gasteiger partial charge is 0.368 e. The molecule has 1 aromatic heterocycles. The molecule has 1 heterocycles. The summed E-state index contributed by atoms with van der Waals surface area (Å²) in [5.41, 5.74) is 9.45. The molecule has 0 aliphatic rings. The van der Waals surface area contributed by atoms with Crippen molar-refractivity contribution in [3.05, 3.63) is 64.4 Å². The summed E-state index contributed by atoms with van der Waals surface area (Å²) in [6.45, 7) is 5.74. The summed E-state index contributed by atoms with van der Waals surface area (Å²) in [5.74, 6) is 1.30. The van der Waals surface area contributed by atoms with Crippen molar-refractivity contribution in [1.82, 2.24) is 15.0 Å². The van der Waals surface area contributed by atoms with Gasteiger partial charge in [0.15, 0.2) is 0 Å². The Morgan fingerprint density at radius 1 is 1.10 bits per heavy atom. The zero-order chi connectivity index (χ0) is 21.7. The SMILES string of the molecule is Cc1ccc(Cl)cc1NC(=O)[C@H](C)SCc1nc(N)nc(Nc2ccccc2C)n1. The molecule has 2 aromatic carbocycles. The summed E-state index contributed by atoms with van der Waals surface area (Å²) in [4.78, 5) is 25.3. The van der Waals surface area contributed by atoms with Crippen LogP contribution < -0.4 is 16.4 Å². The van der Waals surface area contributed by atoms with E-state index in [-0.39, 0.29) is 17.1 Å². The van der Waals surface area contributed by atoms with Gasteiger partial charge in [0.25, 0.3) is 0 Å². The lowest BCUT2D eigenvalue weighted by Gasteiger charge is -2.14. The average molecular weight is 443 g/mol. The van der Waals surface area contributed by atoms with E-state index in [4.69, 9.17) is 17.3 Å². The molecule has 0 saturated carbocycles. The van der Waals surface area contributed by atoms with Crippen LogP contribution in [0.4, 0.5) is 23.3 Å². The Labute approximate surface area is 184 Å². The van der Waals surface area contributed by atoms with Crippen molar-refractivity contribution in [2.45, 2.75) is 31.8 Å². The number of nitrogens with zero attached hydrogens (tertiary/aromatic N) is 3. The minimum absolute atomic E-state index is 0.120. The average Bonchev–Trinajstić information content (AvgIpc) is 2.70. The van der Waals surface area contributed by atoms with Gasteiger partial charge in [-0.25, -0.2) is 0 Å². The maximum absolute atomic E-state index is 12.5. The number of nitrogen functional groups attached to an aromatic ring is 1. The summed E-state index contributed by atoms with van der Waals surface area (Å²) in [6, 6.07) is 13.2. The zero-order valence-electron chi connectivity index (χ0n) is 16.9. The van der Waals surface area contributed by atoms with Gasteiger partial charge in [-0.05, 0) is 50.1 Å². The molecule has 156 valence electrons. The molecule has 1 amide bonds. The number of rotatable bonds is 7. The quantitative estimate of drug-likeness (QED) is 0.485. The predicted octanol–water partition coefficient (Wildman–Crippen LogP) is 4.73. The molecule has 0 bridgehead atoms. The summed E-state index contributed by atoms with van der Waals surface area (Å²) in [6.07, 6.45) is 0. The number of halogens is 1. The number of hydrogen-bond acceptors (Lipinski definition) is 7. The second-order valence-electron chi connectivity index (χ2n) is 6.78. The lowest BCUT2D eigenvalue weighted by molar-refractivity contribution is -0.115. The topological polar surface area (TPSA) is 106 Å². The molecule has 0 aliphatic heterocycles. The van der Waals surface area contributed by atoms with Crippen LogP contribution in [0.5, 0.6) is 0 Å². The van der Waals surface area contributed by atoms with Crippen LogP contribution in [0.2, 0.25) is 5.02 Å². The van der Waals surface area contributed by atoms with Crippen molar-refractivity contribution in [1.29, 1.82) is 0 Å². The van der Waals surface area contributed by atoms with E-state index in [0.717, 1.165) is 16.8 Å². The third-order valence-electron chi connectivity index (χ3n) is 4.38. The highest BCUT2D eigenvalue weighted by atomic mass is 35.5. The molecule has 30 heavy (non-hydrogen) atoms. The molecular formula is C21H23ClN6OS. The number of para-hydroxylation sites is 1. The van der Waals surface area contributed by atoms with Gasteiger partial charge in [-0.1, -0.05) is 35.9 Å². The Kier molecular flexibility index (Phi) is 7.12. The number of carbonyl (C=O) groups excluding carboxylic acids is 1. The Hall–Kier alpha value is -2.84. The first-order valence-corrected chi connectivity index (χ1v) is 10.8. The molecular weight excluding hydrogens is 420 g/mol. The van der Waals surface area contributed by atoms with E-state index in [1.165, 1.54) is 11.8 Å². The monoisotopic (exact) mass is 442 g/mol. The van der Waals surface area contributed by atoms with Gasteiger partial charge in [-0.3, -0.25) is 4.79 Å². The lowest BCUT2D eigenvalue weighted by Crippen LogP contribution is -2.23. The molecule has 3 rings (SSSR count). The van der Waals surface area contributed by atoms with E-state index in [2.05, 4.69) is 25.6 Å². The molecule has 0 aliphatic carbocycles. The minimum Gasteiger partial charge on any atom is -0.368 e. The third-order valence-corrected chi connectivity index (χ3v) is 5.75. The number of nitrogens with two attached hydrogens (primary N) is 1. The number of aromatic nitrogens is 3. The number of carbonyl (C=O) groups is 1. The van der Waals surface area contributed by atoms with E-state index in [9.17, 15) is 4.79 Å². The number of benzene rings is 2. The number of hydrogen-bond donors (Lipinski definition) is 3. The van der Waals surface area contributed by atoms with Gasteiger partial charge in [-0.2, -0.15) is 15.0 Å². The van der Waals surface area contributed by atoms with Crippen molar-refractivity contribution >= 4 is 52.5 Å². The van der Waals surface area contributed by atoms with E-state index in [1.54, 1.807) is 12.1 Å². The molecule has 0 fully saturated rings. The third kappa shape index (κ3) is 5.84. The number of amides is 1. The van der Waals surface area contributed by atoms with Crippen LogP contribution in [-0.4, -0.2) is 26.1 Å². The summed E-state index contributed by atoms with van der Waals surface area (Å²) in [5, 5.41) is 6.33. The first-order chi connectivity index (χ1) is 14.3. The Balaban J connectivity index is 1.63. The van der Waals surface area contributed by atoms with Gasteiger partial charge >= 0.3 is 0 Å². The van der Waals surface area contributed by atoms with Crippen molar-refractivity contribution < 1.29 is 4.79 Å². The van der Waals surface area contributed by atoms with Crippen molar-refractivity contribution in [2.75, 3.05) is 16.4 Å². The molecule has 7 nitrogen and oxygen atoms in total. The lowest BCUT2D eigenvalue weighted by atomic mass is 10.2. The minimum atomic E-state index is -0.325. The number of aryl methyl sites for hydroxylation is 2. The number of nitrogens with one attached hydrogen (secondary N) is 2. The van der Waals surface area contributed by atoms with E-state index < -0.39 is 0 Å². The Morgan fingerprint density at radius 2 is 1.83 bits per heavy atom. The first-order valence-electron chi connectivity index (χ1n) is 9.33. The molecule has 4 N–H and O–H groups in total. The molecule has 0 unspecified atom stereocenters. The highest BCUT2D eigenvalue weighted by Gasteiger charge is 2.16. The van der Waals surface area contributed by atoms with Crippen molar-refractivity contribution in [2.24, 2.45) is 0 Å². The molecule has 3 aromatic rings. The Morgan fingerprint density at radius 3 is 2.60 bits per heavy atom. The van der Waals surface area contributed by atoms with Crippen LogP contribution in [0.25, 0.3) is 0 Å². The fourth-order valence-electron chi connectivity index (χ4n) is 2.63. The summed E-state index contributed by atoms with van der Waals surface area (Å²) < 4.78 is 0. The number of anilines is 4. The maximum Gasteiger partial charge on any atom is 0.237 e. The normalized spacial score (nSPS) is 11.7. The summed E-state index contributed by atoms with van der Waals surface area (Å²) >= 11 is 7.43. The molecule has 0 saturated heterocycles. The van der Waals surface area contributed by atoms with E-state index in [0.29, 0.717) is 28.2 Å². The van der Waals surface area contributed by atoms with Crippen molar-refractivity contribution in [3.8, 4) is 0 Å². The van der Waals surface area contributed by atoms with E-state index >= 15 is 0 Å². The van der Waals surface area contributed by atoms with Gasteiger partial charge in [0, 0.05) is 16.4 Å². The molecule has 9 heteroatoms. The fraction of sp³-hybridized carbons (Fsp3) is 0.238. The number of thioether (sulfide) groups is 1. The molecule has 0 spiro atoms. The fourth-order valence-corrected chi connectivity index (χ4v) is 3.54. The van der Waals surface area contributed by atoms with Crippen molar-refractivity contribution in [3.63, 3.8) is 0 Å². The van der Waals surface area contributed by atoms with Crippen LogP contribution in [0, 0.1) is 13.8 Å². The second kappa shape index (κ2) is 9.77. The molecule has 0 radical (unpaired) electrons. The van der Waals surface area contributed by atoms with E-state index in [1.807, 2.05) is 51.1 Å². The maximum atomic E-state index is 12.5. The second-order valence-corrected chi connectivity index (χ2v) is 8.54. The Bertz CT molecular complexity index is 1060. The van der Waals surface area contributed by atoms with Crippen LogP contribution in [0.1, 0.15) is 23.9 Å². The molecule has 1 atom stereocenters. The van der Waals surface area contributed by atoms with Gasteiger partial charge in [0.2, 0.25) is 17.8 Å². The van der Waals surface area contributed by atoms with Gasteiger partial charge < -0.3 is 16.4 Å². The van der Waals surface area contributed by atoms with Crippen LogP contribution >= 0.6 is 23.4 Å². The van der Waals surface area contributed by atoms with Crippen LogP contribution in [-0.2, 0) is 10.5 Å². The van der Waals surface area contributed by atoms with Gasteiger partial charge in [0.05, 0.1) is 11.0 Å². The summed E-state index contributed by atoms with van der Waals surface area (Å²) in [7, 11) is 0. The zero-order valence-corrected chi connectivity index (χ0v) is 18.5. The first kappa shape index (κ1) is 21.9. The van der Waals surface area contributed by atoms with Gasteiger partial charge in [0.1, 0.15) is 5.82 Å². The highest BCUT2D eigenvalue weighted by molar-refractivity contribution is 7.99. The van der Waals surface area contributed by atoms with Crippen LogP contribution in [0.3, 0.4) is 0 Å².